The largest absolute Gasteiger partial charge is 0.409 e. The monoisotopic (exact) mass is 427 g/mol. The summed E-state index contributed by atoms with van der Waals surface area (Å²) in [6.45, 7) is 3.55. The van der Waals surface area contributed by atoms with Crippen molar-refractivity contribution < 1.29 is 13.6 Å². The molecule has 1 aromatic rings. The maximum atomic E-state index is 12.2. The van der Waals surface area contributed by atoms with E-state index in [0.29, 0.717) is 8.95 Å². The number of benzene rings is 1. The predicted molar refractivity (Wildman–Crippen MR) is 84.3 cm³/mol. The number of hydrogen-bond donors (Lipinski definition) is 3. The number of rotatable bonds is 5. The molecule has 0 aliphatic carbocycles. The van der Waals surface area contributed by atoms with Gasteiger partial charge in [-0.2, -0.15) is 0 Å². The summed E-state index contributed by atoms with van der Waals surface area (Å²) in [6.07, 6.45) is 0. The van der Waals surface area contributed by atoms with E-state index in [1.807, 2.05) is 6.92 Å². The smallest absolute Gasteiger partial charge is 0.241 e. The molecule has 1 rings (SSSR count). The molecule has 1 aromatic carbocycles. The Morgan fingerprint density at radius 3 is 2.60 bits per heavy atom. The van der Waals surface area contributed by atoms with Crippen molar-refractivity contribution in [3.05, 3.63) is 26.6 Å². The van der Waals surface area contributed by atoms with E-state index in [0.717, 1.165) is 5.56 Å². The van der Waals surface area contributed by atoms with Gasteiger partial charge in [-0.1, -0.05) is 28.0 Å². The van der Waals surface area contributed by atoms with E-state index in [9.17, 15) is 8.42 Å². The molecule has 112 valence electrons. The van der Waals surface area contributed by atoms with Gasteiger partial charge in [0.25, 0.3) is 0 Å². The molecule has 9 heteroatoms. The fraction of sp³-hybridized carbons (Fsp3) is 0.364. The van der Waals surface area contributed by atoms with Crippen molar-refractivity contribution >= 4 is 47.7 Å². The number of sulfonamides is 1. The zero-order chi connectivity index (χ0) is 15.5. The van der Waals surface area contributed by atoms with Gasteiger partial charge in [0.2, 0.25) is 10.0 Å². The fourth-order valence-corrected chi connectivity index (χ4v) is 4.16. The topological polar surface area (TPSA) is 105 Å². The molecular weight excluding hydrogens is 414 g/mol. The third-order valence-corrected chi connectivity index (χ3v) is 5.94. The number of hydrogen-bond acceptors (Lipinski definition) is 4. The first-order valence-corrected chi connectivity index (χ1v) is 8.68. The van der Waals surface area contributed by atoms with Crippen LogP contribution in [0.4, 0.5) is 0 Å². The van der Waals surface area contributed by atoms with Crippen LogP contribution in [0.25, 0.3) is 0 Å². The van der Waals surface area contributed by atoms with Crippen molar-refractivity contribution in [2.45, 2.75) is 18.7 Å². The highest BCUT2D eigenvalue weighted by Gasteiger charge is 2.20. The van der Waals surface area contributed by atoms with Crippen molar-refractivity contribution in [2.24, 2.45) is 16.8 Å². The van der Waals surface area contributed by atoms with Gasteiger partial charge < -0.3 is 10.9 Å². The number of halogens is 2. The summed E-state index contributed by atoms with van der Waals surface area (Å²) in [5.74, 6) is -0.445. The molecule has 20 heavy (non-hydrogen) atoms. The van der Waals surface area contributed by atoms with Crippen LogP contribution < -0.4 is 10.5 Å². The van der Waals surface area contributed by atoms with Crippen LogP contribution in [0.2, 0.25) is 0 Å². The van der Waals surface area contributed by atoms with Gasteiger partial charge in [0.15, 0.2) is 0 Å². The Hall–Kier alpha value is -0.640. The lowest BCUT2D eigenvalue weighted by atomic mass is 10.2. The van der Waals surface area contributed by atoms with Crippen molar-refractivity contribution in [2.75, 3.05) is 6.54 Å². The van der Waals surface area contributed by atoms with Crippen LogP contribution in [0.5, 0.6) is 0 Å². The highest BCUT2D eigenvalue weighted by atomic mass is 79.9. The number of oxime groups is 1. The van der Waals surface area contributed by atoms with E-state index in [1.165, 1.54) is 6.07 Å². The first kappa shape index (κ1) is 17.4. The summed E-state index contributed by atoms with van der Waals surface area (Å²) in [7, 11) is -3.69. The minimum atomic E-state index is -3.69. The molecule has 4 N–H and O–H groups in total. The van der Waals surface area contributed by atoms with Crippen LogP contribution in [-0.4, -0.2) is 26.0 Å². The molecule has 0 spiro atoms. The van der Waals surface area contributed by atoms with Gasteiger partial charge >= 0.3 is 0 Å². The molecule has 0 bridgehead atoms. The zero-order valence-corrected chi connectivity index (χ0v) is 14.9. The number of nitrogens with one attached hydrogen (secondary N) is 1. The summed E-state index contributed by atoms with van der Waals surface area (Å²) in [5, 5.41) is 11.4. The molecule has 1 unspecified atom stereocenters. The molecule has 0 saturated heterocycles. The van der Waals surface area contributed by atoms with Crippen LogP contribution in [0, 0.1) is 12.8 Å². The van der Waals surface area contributed by atoms with Gasteiger partial charge in [0, 0.05) is 21.4 Å². The molecule has 0 saturated carbocycles. The highest BCUT2D eigenvalue weighted by Crippen LogP contribution is 2.28. The van der Waals surface area contributed by atoms with Crippen LogP contribution in [-0.2, 0) is 10.0 Å². The van der Waals surface area contributed by atoms with E-state index in [4.69, 9.17) is 10.9 Å². The zero-order valence-electron chi connectivity index (χ0n) is 10.9. The second-order valence-corrected chi connectivity index (χ2v) is 7.75. The van der Waals surface area contributed by atoms with Crippen LogP contribution in [0.1, 0.15) is 12.5 Å². The van der Waals surface area contributed by atoms with Crippen LogP contribution >= 0.6 is 31.9 Å². The molecule has 6 nitrogen and oxygen atoms in total. The lowest BCUT2D eigenvalue weighted by molar-refractivity contribution is 0.314. The van der Waals surface area contributed by atoms with Crippen LogP contribution in [0.15, 0.2) is 31.1 Å². The van der Waals surface area contributed by atoms with Gasteiger partial charge in [0.1, 0.15) is 5.84 Å². The minimum Gasteiger partial charge on any atom is -0.409 e. The van der Waals surface area contributed by atoms with Crippen molar-refractivity contribution in [3.63, 3.8) is 0 Å². The molecule has 0 radical (unpaired) electrons. The molecule has 0 heterocycles. The lowest BCUT2D eigenvalue weighted by Crippen LogP contribution is -2.34. The normalized spacial score (nSPS) is 14.3. The van der Waals surface area contributed by atoms with E-state index in [-0.39, 0.29) is 17.3 Å². The van der Waals surface area contributed by atoms with Crippen molar-refractivity contribution in [1.82, 2.24) is 4.72 Å². The Bertz CT molecular complexity index is 632. The van der Waals surface area contributed by atoms with Gasteiger partial charge in [0.05, 0.1) is 4.90 Å². The van der Waals surface area contributed by atoms with E-state index in [1.54, 1.807) is 13.0 Å². The van der Waals surface area contributed by atoms with Gasteiger partial charge in [-0.15, -0.1) is 0 Å². The maximum Gasteiger partial charge on any atom is 0.241 e. The molecule has 1 atom stereocenters. The summed E-state index contributed by atoms with van der Waals surface area (Å²) in [5.41, 5.74) is 6.32. The average molecular weight is 429 g/mol. The number of amidine groups is 1. The summed E-state index contributed by atoms with van der Waals surface area (Å²) < 4.78 is 28.1. The third-order valence-electron chi connectivity index (χ3n) is 2.70. The second-order valence-electron chi connectivity index (χ2n) is 4.31. The molecule has 0 fully saturated rings. The fourth-order valence-electron chi connectivity index (χ4n) is 1.35. The molecule has 0 amide bonds. The number of nitrogens with two attached hydrogens (primary N) is 1. The van der Waals surface area contributed by atoms with Gasteiger partial charge in [-0.25, -0.2) is 13.1 Å². The minimum absolute atomic E-state index is 0.0307. The Morgan fingerprint density at radius 2 is 2.05 bits per heavy atom. The average Bonchev–Trinajstić information content (AvgIpc) is 2.39. The molecule has 0 aliphatic heterocycles. The second kappa shape index (κ2) is 6.88. The third kappa shape index (κ3) is 4.18. The van der Waals surface area contributed by atoms with Crippen LogP contribution in [0.3, 0.4) is 0 Å². The van der Waals surface area contributed by atoms with Gasteiger partial charge in [-0.3, -0.25) is 0 Å². The van der Waals surface area contributed by atoms with Gasteiger partial charge in [-0.05, 0) is 40.5 Å². The molecule has 0 aromatic heterocycles. The van der Waals surface area contributed by atoms with E-state index in [2.05, 4.69) is 41.7 Å². The standard InChI is InChI=1S/C11H15Br2N3O3S/c1-6-3-9(13)10(4-8(6)12)20(18,19)15-5-7(2)11(14)16-17/h3-4,7,15,17H,5H2,1-2H3,(H2,14,16). The Balaban J connectivity index is 2.98. The first-order valence-electron chi connectivity index (χ1n) is 5.61. The summed E-state index contributed by atoms with van der Waals surface area (Å²) >= 11 is 6.54. The Kier molecular flexibility index (Phi) is 5.99. The Morgan fingerprint density at radius 1 is 1.45 bits per heavy atom. The predicted octanol–water partition coefficient (Wildman–Crippen LogP) is 2.18. The van der Waals surface area contributed by atoms with Crippen molar-refractivity contribution in [3.8, 4) is 0 Å². The lowest BCUT2D eigenvalue weighted by Gasteiger charge is -2.13. The number of aryl methyl sites for hydroxylation is 1. The first-order chi connectivity index (χ1) is 9.19. The molecular formula is C11H15Br2N3O3S. The summed E-state index contributed by atoms with van der Waals surface area (Å²) in [4.78, 5) is 0.127. The molecule has 0 aliphatic rings. The van der Waals surface area contributed by atoms with E-state index >= 15 is 0 Å². The SMILES string of the molecule is Cc1cc(Br)c(S(=O)(=O)NCC(C)/C(N)=N/O)cc1Br. The quantitative estimate of drug-likeness (QED) is 0.289. The number of nitrogens with zero attached hydrogens (tertiary/aromatic N) is 1. The van der Waals surface area contributed by atoms with Crippen molar-refractivity contribution in [1.29, 1.82) is 0 Å². The highest BCUT2D eigenvalue weighted by molar-refractivity contribution is 9.11. The maximum absolute atomic E-state index is 12.2. The summed E-state index contributed by atoms with van der Waals surface area (Å²) in [6, 6.07) is 3.24. The Labute approximate surface area is 134 Å². The van der Waals surface area contributed by atoms with E-state index < -0.39 is 15.9 Å².